The summed E-state index contributed by atoms with van der Waals surface area (Å²) in [5.41, 5.74) is 29.6. The van der Waals surface area contributed by atoms with E-state index in [0.29, 0.717) is 17.8 Å². The second kappa shape index (κ2) is 15.9. The highest BCUT2D eigenvalue weighted by atomic mass is 16.2. The molecule has 5 aromatic carbocycles. The lowest BCUT2D eigenvalue weighted by Gasteiger charge is -2.13. The van der Waals surface area contributed by atoms with Crippen molar-refractivity contribution < 1.29 is 4.79 Å². The predicted molar refractivity (Wildman–Crippen MR) is 252 cm³/mol. The fraction of sp³-hybridized carbons (Fsp3) is 0.0377. The summed E-state index contributed by atoms with van der Waals surface area (Å²) in [7, 11) is 0. The van der Waals surface area contributed by atoms with Gasteiger partial charge in [0, 0.05) is 55.7 Å². The van der Waals surface area contributed by atoms with Crippen LogP contribution in [0.1, 0.15) is 28.3 Å². The molecule has 7 N–H and O–H groups in total. The Labute approximate surface area is 353 Å². The van der Waals surface area contributed by atoms with Crippen LogP contribution in [0.15, 0.2) is 164 Å². The number of anilines is 2. The zero-order valence-electron chi connectivity index (χ0n) is 33.1. The van der Waals surface area contributed by atoms with E-state index in [4.69, 9.17) is 21.4 Å². The number of H-pyrrole nitrogens is 2. The van der Waals surface area contributed by atoms with Crippen molar-refractivity contribution in [2.45, 2.75) is 12.5 Å². The molecule has 8 heteroatoms. The van der Waals surface area contributed by atoms with Crippen molar-refractivity contribution in [1.29, 1.82) is 0 Å². The first-order valence-electron chi connectivity index (χ1n) is 20.3. The first-order chi connectivity index (χ1) is 29.9. The Morgan fingerprint density at radius 2 is 0.836 bits per heavy atom. The summed E-state index contributed by atoms with van der Waals surface area (Å²) in [6.07, 6.45) is 8.78. The molecule has 0 saturated heterocycles. The number of aromatic amines is 2. The summed E-state index contributed by atoms with van der Waals surface area (Å²) < 4.78 is 0. The van der Waals surface area contributed by atoms with Gasteiger partial charge >= 0.3 is 0 Å². The second-order valence-corrected chi connectivity index (χ2v) is 15.2. The summed E-state index contributed by atoms with van der Waals surface area (Å²) in [6, 6.07) is 54.0. The van der Waals surface area contributed by atoms with Crippen molar-refractivity contribution in [3.63, 3.8) is 0 Å². The van der Waals surface area contributed by atoms with Crippen LogP contribution in [0.3, 0.4) is 0 Å². The number of carbonyl (C=O) groups is 1. The van der Waals surface area contributed by atoms with Crippen molar-refractivity contribution in [2.75, 3.05) is 11.1 Å². The molecule has 294 valence electrons. The van der Waals surface area contributed by atoms with Gasteiger partial charge in [0.05, 0.1) is 28.8 Å². The third kappa shape index (κ3) is 7.44. The van der Waals surface area contributed by atoms with Crippen molar-refractivity contribution >= 4 is 63.7 Å². The summed E-state index contributed by atoms with van der Waals surface area (Å²) >= 11 is 0. The van der Waals surface area contributed by atoms with Gasteiger partial charge in [-0.15, -0.1) is 0 Å². The lowest BCUT2D eigenvalue weighted by molar-refractivity contribution is -0.117. The maximum absolute atomic E-state index is 13.2. The van der Waals surface area contributed by atoms with Crippen molar-refractivity contribution in [2.24, 2.45) is 5.73 Å². The van der Waals surface area contributed by atoms with E-state index in [1.54, 1.807) is 0 Å². The Bertz CT molecular complexity index is 3150. The molecule has 3 aromatic heterocycles. The Morgan fingerprint density at radius 3 is 1.25 bits per heavy atom. The fourth-order valence-electron chi connectivity index (χ4n) is 8.20. The number of nitrogens with one attached hydrogen (secondary N) is 3. The smallest absolute Gasteiger partial charge is 0.241 e. The average molecular weight is 792 g/mol. The molecule has 8 aromatic rings. The van der Waals surface area contributed by atoms with E-state index in [-0.39, 0.29) is 5.91 Å². The molecule has 0 radical (unpaired) electrons. The van der Waals surface area contributed by atoms with E-state index in [0.717, 1.165) is 94.9 Å². The van der Waals surface area contributed by atoms with E-state index in [2.05, 4.69) is 100 Å². The van der Waals surface area contributed by atoms with Crippen LogP contribution in [0, 0.1) is 0 Å². The van der Waals surface area contributed by atoms with Gasteiger partial charge in [0.1, 0.15) is 0 Å². The van der Waals surface area contributed by atoms with Crippen molar-refractivity contribution in [1.82, 2.24) is 19.9 Å². The summed E-state index contributed by atoms with van der Waals surface area (Å²) in [4.78, 5) is 31.5. The summed E-state index contributed by atoms with van der Waals surface area (Å²) in [5, 5.41) is 3.02. The zero-order chi connectivity index (χ0) is 41.3. The lowest BCUT2D eigenvalue weighted by atomic mass is 10.0. The quantitative estimate of drug-likeness (QED) is 0.0975. The molecule has 0 unspecified atom stereocenters. The number of nitrogens with zero attached hydrogens (tertiary/aromatic N) is 2. The van der Waals surface area contributed by atoms with Crippen LogP contribution in [0.2, 0.25) is 0 Å². The molecule has 0 saturated carbocycles. The second-order valence-electron chi connectivity index (χ2n) is 15.2. The van der Waals surface area contributed by atoms with Crippen LogP contribution in [-0.2, 0) is 11.2 Å². The molecular formula is C53H41N7O. The van der Waals surface area contributed by atoms with E-state index >= 15 is 0 Å². The third-order valence-electron chi connectivity index (χ3n) is 11.2. The third-order valence-corrected chi connectivity index (χ3v) is 11.2. The molecule has 5 heterocycles. The Kier molecular flexibility index (Phi) is 9.72. The van der Waals surface area contributed by atoms with Gasteiger partial charge in [0.2, 0.25) is 5.91 Å². The monoisotopic (exact) mass is 791 g/mol. The molecule has 2 aliphatic rings. The van der Waals surface area contributed by atoms with Gasteiger partial charge in [-0.05, 0) is 107 Å². The highest BCUT2D eigenvalue weighted by Gasteiger charge is 2.20. The molecule has 0 aliphatic carbocycles. The number of hydrogen-bond donors (Lipinski definition) is 5. The average Bonchev–Trinajstić information content (AvgIpc) is 4.14. The molecule has 8 nitrogen and oxygen atoms in total. The largest absolute Gasteiger partial charge is 0.399 e. The number of nitrogens with two attached hydrogens (primary N) is 2. The number of carbonyl (C=O) groups excluding carboxylic acids is 1. The highest BCUT2D eigenvalue weighted by Crippen LogP contribution is 2.38. The minimum absolute atomic E-state index is 0.245. The highest BCUT2D eigenvalue weighted by molar-refractivity contribution is 6.00. The van der Waals surface area contributed by atoms with Gasteiger partial charge in [-0.3, -0.25) is 4.79 Å². The standard InChI is InChI=1S/C53H41N7O/c54-38-20-16-36(17-21-38)51-45-28-26-43(58-45)49(34-12-6-2-7-13-34)41-24-25-42(57-41)50(35-14-8-3-9-15-35)44-27-29-47(59-44)52(48-31-30-46(51)60-48)37-18-22-39(23-19-37)56-53(61)40(55)32-33-10-4-1-5-11-33/h1-31,40,58-59H,32,54-55H2,(H,56,61)/t40-/m0/s1. The Balaban J connectivity index is 1.21. The molecule has 2 aliphatic heterocycles. The number of rotatable bonds is 8. The van der Waals surface area contributed by atoms with Gasteiger partial charge < -0.3 is 26.8 Å². The first-order valence-corrected chi connectivity index (χ1v) is 20.3. The Morgan fingerprint density at radius 1 is 0.475 bits per heavy atom. The topological polar surface area (TPSA) is 138 Å². The molecule has 0 fully saturated rings. The van der Waals surface area contributed by atoms with E-state index in [1.165, 1.54) is 0 Å². The zero-order valence-corrected chi connectivity index (χ0v) is 33.1. The fourth-order valence-corrected chi connectivity index (χ4v) is 8.20. The first kappa shape index (κ1) is 37.2. The number of fused-ring (bicyclic) bond motifs is 8. The summed E-state index contributed by atoms with van der Waals surface area (Å²) in [6.45, 7) is 0. The van der Waals surface area contributed by atoms with Crippen LogP contribution in [0.5, 0.6) is 0 Å². The maximum atomic E-state index is 13.2. The number of benzene rings is 5. The van der Waals surface area contributed by atoms with Crippen LogP contribution in [0.25, 0.3) is 90.9 Å². The summed E-state index contributed by atoms with van der Waals surface area (Å²) in [5.74, 6) is -0.245. The van der Waals surface area contributed by atoms with Gasteiger partial charge in [-0.25, -0.2) is 9.97 Å². The van der Waals surface area contributed by atoms with Gasteiger partial charge in [0.25, 0.3) is 0 Å². The maximum Gasteiger partial charge on any atom is 0.241 e. The van der Waals surface area contributed by atoms with Gasteiger partial charge in [0.15, 0.2) is 0 Å². The van der Waals surface area contributed by atoms with E-state index in [1.807, 2.05) is 103 Å². The van der Waals surface area contributed by atoms with E-state index in [9.17, 15) is 4.79 Å². The molecule has 61 heavy (non-hydrogen) atoms. The molecule has 8 bridgehead atoms. The minimum atomic E-state index is -0.693. The van der Waals surface area contributed by atoms with Crippen LogP contribution in [0.4, 0.5) is 11.4 Å². The normalized spacial score (nSPS) is 12.3. The number of amides is 1. The minimum Gasteiger partial charge on any atom is -0.399 e. The lowest BCUT2D eigenvalue weighted by Crippen LogP contribution is -2.37. The van der Waals surface area contributed by atoms with Gasteiger partial charge in [-0.1, -0.05) is 115 Å². The molecule has 10 rings (SSSR count). The predicted octanol–water partition coefficient (Wildman–Crippen LogP) is 11.4. The number of aromatic nitrogens is 4. The molecular weight excluding hydrogens is 751 g/mol. The molecule has 1 atom stereocenters. The van der Waals surface area contributed by atoms with Crippen LogP contribution >= 0.6 is 0 Å². The molecule has 0 spiro atoms. The number of nitrogen functional groups attached to an aromatic ring is 1. The van der Waals surface area contributed by atoms with Gasteiger partial charge in [-0.2, -0.15) is 0 Å². The van der Waals surface area contributed by atoms with Crippen molar-refractivity contribution in [3.05, 3.63) is 192 Å². The molecule has 1 amide bonds. The van der Waals surface area contributed by atoms with Crippen LogP contribution < -0.4 is 16.8 Å². The van der Waals surface area contributed by atoms with E-state index < -0.39 is 6.04 Å². The SMILES string of the molecule is Nc1ccc(-c2c3nc(c(-c4ccc(NC(=O)[C@@H](N)Cc5ccccc5)cc4)c4ccc([nH]4)c(-c4ccccc4)c4nc(c(-c5ccccc5)c5ccc2[nH]5)C=C4)C=C3)cc1. The van der Waals surface area contributed by atoms with Crippen molar-refractivity contribution in [3.8, 4) is 44.5 Å². The van der Waals surface area contributed by atoms with Crippen LogP contribution in [-0.4, -0.2) is 31.9 Å². The Hall–Kier alpha value is -8.07. The number of hydrogen-bond acceptors (Lipinski definition) is 5.